The Hall–Kier alpha value is -1.81. The van der Waals surface area contributed by atoms with Gasteiger partial charge in [-0.25, -0.2) is 14.4 Å². The van der Waals surface area contributed by atoms with Crippen LogP contribution in [-0.4, -0.2) is 17.0 Å². The molecule has 94 valence electrons. The highest BCUT2D eigenvalue weighted by Crippen LogP contribution is 2.16. The van der Waals surface area contributed by atoms with Crippen molar-refractivity contribution < 1.29 is 4.39 Å². The van der Waals surface area contributed by atoms with E-state index in [1.54, 1.807) is 24.5 Å². The highest BCUT2D eigenvalue weighted by atomic mass is 19.1. The van der Waals surface area contributed by atoms with Gasteiger partial charge in [0.25, 0.3) is 0 Å². The van der Waals surface area contributed by atoms with Crippen molar-refractivity contribution in [1.82, 2.24) is 15.3 Å². The maximum absolute atomic E-state index is 13.6. The van der Waals surface area contributed by atoms with Crippen molar-refractivity contribution >= 4 is 0 Å². The maximum Gasteiger partial charge on any atom is 0.145 e. The van der Waals surface area contributed by atoms with E-state index in [0.29, 0.717) is 17.8 Å². The van der Waals surface area contributed by atoms with E-state index < -0.39 is 0 Å². The molecule has 0 radical (unpaired) electrons. The van der Waals surface area contributed by atoms with Crippen LogP contribution in [0.1, 0.15) is 23.0 Å². The van der Waals surface area contributed by atoms with Crippen LogP contribution >= 0.6 is 0 Å². The molecular weight excluding hydrogens is 229 g/mol. The van der Waals surface area contributed by atoms with E-state index >= 15 is 0 Å². The average Bonchev–Trinajstić information content (AvgIpc) is 2.39. The Balaban J connectivity index is 2.20. The van der Waals surface area contributed by atoms with Crippen LogP contribution in [-0.2, 0) is 6.42 Å². The highest BCUT2D eigenvalue weighted by Gasteiger charge is 2.14. The first-order valence-electron chi connectivity index (χ1n) is 5.90. The summed E-state index contributed by atoms with van der Waals surface area (Å²) in [7, 11) is 1.83. The molecule has 0 saturated heterocycles. The smallest absolute Gasteiger partial charge is 0.145 e. The number of hydrogen-bond donors (Lipinski definition) is 1. The van der Waals surface area contributed by atoms with Crippen molar-refractivity contribution in [2.75, 3.05) is 7.05 Å². The number of aryl methyl sites for hydroxylation is 1. The summed E-state index contributed by atoms with van der Waals surface area (Å²) in [5, 5.41) is 3.12. The van der Waals surface area contributed by atoms with Crippen molar-refractivity contribution in [1.29, 1.82) is 0 Å². The lowest BCUT2D eigenvalue weighted by Crippen LogP contribution is -2.21. The molecule has 1 aromatic carbocycles. The topological polar surface area (TPSA) is 37.8 Å². The number of hydrogen-bond acceptors (Lipinski definition) is 3. The SMILES string of the molecule is CNC(Cc1ccccc1F)c1ncc(C)cn1. The predicted octanol–water partition coefficient (Wildman–Crippen LogP) is 2.43. The van der Waals surface area contributed by atoms with Crippen LogP contribution in [0, 0.1) is 12.7 Å². The fourth-order valence-corrected chi connectivity index (χ4v) is 1.79. The second-order valence-corrected chi connectivity index (χ2v) is 4.26. The number of nitrogens with zero attached hydrogens (tertiary/aromatic N) is 2. The fourth-order valence-electron chi connectivity index (χ4n) is 1.79. The minimum absolute atomic E-state index is 0.0810. The Labute approximate surface area is 106 Å². The van der Waals surface area contributed by atoms with Gasteiger partial charge in [0.05, 0.1) is 6.04 Å². The fraction of sp³-hybridized carbons (Fsp3) is 0.286. The molecule has 0 fully saturated rings. The summed E-state index contributed by atoms with van der Waals surface area (Å²) in [6.45, 7) is 1.94. The van der Waals surface area contributed by atoms with Crippen LogP contribution in [0.3, 0.4) is 0 Å². The Kier molecular flexibility index (Phi) is 3.99. The van der Waals surface area contributed by atoms with Gasteiger partial charge in [0, 0.05) is 12.4 Å². The Morgan fingerprint density at radius 2 is 1.89 bits per heavy atom. The van der Waals surface area contributed by atoms with E-state index in [1.807, 2.05) is 20.0 Å². The van der Waals surface area contributed by atoms with Gasteiger partial charge in [0.15, 0.2) is 0 Å². The van der Waals surface area contributed by atoms with Crippen LogP contribution in [0.25, 0.3) is 0 Å². The van der Waals surface area contributed by atoms with Gasteiger partial charge < -0.3 is 5.32 Å². The lowest BCUT2D eigenvalue weighted by Gasteiger charge is -2.15. The summed E-state index contributed by atoms with van der Waals surface area (Å²) >= 11 is 0. The molecule has 1 unspecified atom stereocenters. The van der Waals surface area contributed by atoms with Gasteiger partial charge in [-0.05, 0) is 37.6 Å². The summed E-state index contributed by atoms with van der Waals surface area (Å²) in [5.41, 5.74) is 1.68. The lowest BCUT2D eigenvalue weighted by atomic mass is 10.0. The third-order valence-corrected chi connectivity index (χ3v) is 2.84. The van der Waals surface area contributed by atoms with E-state index in [-0.39, 0.29) is 11.9 Å². The normalized spacial score (nSPS) is 12.4. The third kappa shape index (κ3) is 2.90. The monoisotopic (exact) mass is 245 g/mol. The second-order valence-electron chi connectivity index (χ2n) is 4.26. The molecule has 3 nitrogen and oxygen atoms in total. The molecule has 0 bridgehead atoms. The first-order chi connectivity index (χ1) is 8.70. The number of rotatable bonds is 4. The molecule has 1 heterocycles. The average molecular weight is 245 g/mol. The first kappa shape index (κ1) is 12.6. The van der Waals surface area contributed by atoms with E-state index in [0.717, 1.165) is 5.56 Å². The zero-order valence-electron chi connectivity index (χ0n) is 10.5. The molecule has 4 heteroatoms. The molecule has 0 aliphatic carbocycles. The summed E-state index contributed by atoms with van der Waals surface area (Å²) in [5.74, 6) is 0.496. The van der Waals surface area contributed by atoms with Crippen LogP contribution in [0.2, 0.25) is 0 Å². The molecule has 0 aliphatic rings. The third-order valence-electron chi connectivity index (χ3n) is 2.84. The Bertz CT molecular complexity index is 511. The van der Waals surface area contributed by atoms with E-state index in [1.165, 1.54) is 6.07 Å². The summed E-state index contributed by atoms with van der Waals surface area (Å²) in [6.07, 6.45) is 4.08. The van der Waals surface area contributed by atoms with Crippen molar-refractivity contribution in [2.45, 2.75) is 19.4 Å². The molecule has 1 aromatic heterocycles. The molecule has 0 saturated carbocycles. The molecule has 18 heavy (non-hydrogen) atoms. The quantitative estimate of drug-likeness (QED) is 0.899. The Morgan fingerprint density at radius 1 is 1.22 bits per heavy atom. The largest absolute Gasteiger partial charge is 0.310 e. The Morgan fingerprint density at radius 3 is 2.50 bits per heavy atom. The van der Waals surface area contributed by atoms with E-state index in [9.17, 15) is 4.39 Å². The summed E-state index contributed by atoms with van der Waals surface area (Å²) in [6, 6.07) is 6.70. The predicted molar refractivity (Wildman–Crippen MR) is 68.7 cm³/mol. The minimum Gasteiger partial charge on any atom is -0.310 e. The summed E-state index contributed by atoms with van der Waals surface area (Å²) in [4.78, 5) is 8.56. The summed E-state index contributed by atoms with van der Waals surface area (Å²) < 4.78 is 13.6. The van der Waals surface area contributed by atoms with Gasteiger partial charge in [0.2, 0.25) is 0 Å². The molecule has 2 rings (SSSR count). The van der Waals surface area contributed by atoms with Gasteiger partial charge in [-0.2, -0.15) is 0 Å². The number of nitrogens with one attached hydrogen (secondary N) is 1. The van der Waals surface area contributed by atoms with Crippen LogP contribution in [0.5, 0.6) is 0 Å². The number of halogens is 1. The van der Waals surface area contributed by atoms with Gasteiger partial charge >= 0.3 is 0 Å². The second kappa shape index (κ2) is 5.69. The van der Waals surface area contributed by atoms with Gasteiger partial charge in [-0.15, -0.1) is 0 Å². The number of aromatic nitrogens is 2. The van der Waals surface area contributed by atoms with Gasteiger partial charge in [-0.3, -0.25) is 0 Å². The zero-order valence-corrected chi connectivity index (χ0v) is 10.5. The minimum atomic E-state index is -0.190. The molecule has 1 atom stereocenters. The number of likely N-dealkylation sites (N-methyl/N-ethyl adjacent to an activating group) is 1. The molecule has 0 aliphatic heterocycles. The molecule has 2 aromatic rings. The first-order valence-corrected chi connectivity index (χ1v) is 5.90. The molecule has 0 amide bonds. The van der Waals surface area contributed by atoms with Crippen molar-refractivity contribution in [3.05, 3.63) is 59.4 Å². The van der Waals surface area contributed by atoms with Crippen LogP contribution < -0.4 is 5.32 Å². The standard InChI is InChI=1S/C14H16FN3/c1-10-8-17-14(18-9-10)13(16-2)7-11-5-3-4-6-12(11)15/h3-6,8-9,13,16H,7H2,1-2H3. The number of benzene rings is 1. The maximum atomic E-state index is 13.6. The van der Waals surface area contributed by atoms with Crippen molar-refractivity contribution in [2.24, 2.45) is 0 Å². The van der Waals surface area contributed by atoms with Crippen molar-refractivity contribution in [3.8, 4) is 0 Å². The highest BCUT2D eigenvalue weighted by molar-refractivity contribution is 5.19. The molecule has 1 N–H and O–H groups in total. The van der Waals surface area contributed by atoms with Crippen molar-refractivity contribution in [3.63, 3.8) is 0 Å². The van der Waals surface area contributed by atoms with Crippen LogP contribution in [0.4, 0.5) is 4.39 Å². The molecular formula is C14H16FN3. The van der Waals surface area contributed by atoms with E-state index in [4.69, 9.17) is 0 Å². The van der Waals surface area contributed by atoms with Gasteiger partial charge in [0.1, 0.15) is 11.6 Å². The van der Waals surface area contributed by atoms with Gasteiger partial charge in [-0.1, -0.05) is 18.2 Å². The van der Waals surface area contributed by atoms with E-state index in [2.05, 4.69) is 15.3 Å². The van der Waals surface area contributed by atoms with Crippen LogP contribution in [0.15, 0.2) is 36.7 Å². The molecule has 0 spiro atoms. The zero-order chi connectivity index (χ0) is 13.0. The lowest BCUT2D eigenvalue weighted by molar-refractivity contribution is 0.532.